The Bertz CT molecular complexity index is 71.2. The van der Waals surface area contributed by atoms with Crippen LogP contribution in [0, 0.1) is 6.61 Å². The van der Waals surface area contributed by atoms with Crippen LogP contribution in [-0.2, 0) is 4.74 Å². The molecule has 0 aliphatic heterocycles. The molecule has 0 N–H and O–H groups in total. The Morgan fingerprint density at radius 2 is 1.46 bits per heavy atom. The fourth-order valence-corrected chi connectivity index (χ4v) is 1.34. The molecule has 0 aliphatic rings. The predicted octanol–water partition coefficient (Wildman–Crippen LogP) is 4.33. The molecule has 0 aliphatic carbocycles. The summed E-state index contributed by atoms with van der Waals surface area (Å²) < 4.78 is 5.29. The SMILES string of the molecule is CC[CH]OCCCCCCCCC. The van der Waals surface area contributed by atoms with Gasteiger partial charge in [-0.2, -0.15) is 0 Å². The van der Waals surface area contributed by atoms with Crippen molar-refractivity contribution in [2.45, 2.75) is 65.2 Å². The summed E-state index contributed by atoms with van der Waals surface area (Å²) >= 11 is 0. The summed E-state index contributed by atoms with van der Waals surface area (Å²) in [7, 11) is 0. The van der Waals surface area contributed by atoms with Gasteiger partial charge in [-0.15, -0.1) is 0 Å². The molecule has 0 saturated heterocycles. The first-order valence-corrected chi connectivity index (χ1v) is 5.85. The van der Waals surface area contributed by atoms with E-state index < -0.39 is 0 Å². The zero-order chi connectivity index (χ0) is 9.78. The quantitative estimate of drug-likeness (QED) is 0.460. The van der Waals surface area contributed by atoms with Crippen LogP contribution in [0.5, 0.6) is 0 Å². The Morgan fingerprint density at radius 1 is 0.846 bits per heavy atom. The van der Waals surface area contributed by atoms with Crippen LogP contribution in [-0.4, -0.2) is 6.61 Å². The molecule has 0 aromatic heterocycles. The zero-order valence-corrected chi connectivity index (χ0v) is 9.35. The van der Waals surface area contributed by atoms with Crippen molar-refractivity contribution in [2.75, 3.05) is 6.61 Å². The first-order chi connectivity index (χ1) is 6.41. The Hall–Kier alpha value is -0.0400. The second-order valence-corrected chi connectivity index (χ2v) is 3.57. The molecule has 1 nitrogen and oxygen atoms in total. The van der Waals surface area contributed by atoms with E-state index in [1.165, 1.54) is 44.9 Å². The van der Waals surface area contributed by atoms with E-state index in [1.807, 2.05) is 6.61 Å². The van der Waals surface area contributed by atoms with Crippen LogP contribution in [0.1, 0.15) is 65.2 Å². The van der Waals surface area contributed by atoms with Crippen LogP contribution < -0.4 is 0 Å². The normalized spacial score (nSPS) is 10.6. The molecule has 0 spiro atoms. The lowest BCUT2D eigenvalue weighted by Crippen LogP contribution is -1.91. The lowest BCUT2D eigenvalue weighted by Gasteiger charge is -2.01. The highest BCUT2D eigenvalue weighted by Gasteiger charge is 1.90. The average Bonchev–Trinajstić information content (AvgIpc) is 2.16. The molecule has 0 unspecified atom stereocenters. The highest BCUT2D eigenvalue weighted by molar-refractivity contribution is 4.47. The minimum atomic E-state index is 0.918. The Morgan fingerprint density at radius 3 is 2.08 bits per heavy atom. The molecule has 0 fully saturated rings. The van der Waals surface area contributed by atoms with Gasteiger partial charge in [0.25, 0.3) is 0 Å². The van der Waals surface area contributed by atoms with Crippen molar-refractivity contribution in [3.63, 3.8) is 0 Å². The molecule has 0 rings (SSSR count). The van der Waals surface area contributed by atoms with Gasteiger partial charge in [0, 0.05) is 6.61 Å². The third kappa shape index (κ3) is 12.0. The van der Waals surface area contributed by atoms with Gasteiger partial charge in [-0.1, -0.05) is 52.4 Å². The summed E-state index contributed by atoms with van der Waals surface area (Å²) in [5.74, 6) is 0. The van der Waals surface area contributed by atoms with Gasteiger partial charge in [0.05, 0.1) is 6.61 Å². The number of hydrogen-bond donors (Lipinski definition) is 0. The molecule has 0 amide bonds. The largest absolute Gasteiger partial charge is 0.376 e. The monoisotopic (exact) mass is 185 g/mol. The van der Waals surface area contributed by atoms with Crippen molar-refractivity contribution >= 4 is 0 Å². The second-order valence-electron chi connectivity index (χ2n) is 3.57. The third-order valence-corrected chi connectivity index (χ3v) is 2.15. The number of unbranched alkanes of at least 4 members (excludes halogenated alkanes) is 6. The molecule has 79 valence electrons. The minimum Gasteiger partial charge on any atom is -0.376 e. The highest BCUT2D eigenvalue weighted by atomic mass is 16.5. The summed E-state index contributed by atoms with van der Waals surface area (Å²) in [4.78, 5) is 0. The van der Waals surface area contributed by atoms with Gasteiger partial charge >= 0.3 is 0 Å². The van der Waals surface area contributed by atoms with Crippen LogP contribution in [0.2, 0.25) is 0 Å². The van der Waals surface area contributed by atoms with Gasteiger partial charge in [0.15, 0.2) is 0 Å². The minimum absolute atomic E-state index is 0.918. The van der Waals surface area contributed by atoms with Gasteiger partial charge in [-0.25, -0.2) is 0 Å². The van der Waals surface area contributed by atoms with Crippen LogP contribution in [0.15, 0.2) is 0 Å². The van der Waals surface area contributed by atoms with Gasteiger partial charge in [-0.05, 0) is 12.8 Å². The smallest absolute Gasteiger partial charge is 0.0833 e. The summed E-state index contributed by atoms with van der Waals surface area (Å²) in [6.45, 7) is 7.18. The first kappa shape index (κ1) is 13.0. The van der Waals surface area contributed by atoms with Crippen molar-refractivity contribution in [3.8, 4) is 0 Å². The summed E-state index contributed by atoms with van der Waals surface area (Å²) in [5.41, 5.74) is 0. The lowest BCUT2D eigenvalue weighted by atomic mass is 10.1. The highest BCUT2D eigenvalue weighted by Crippen LogP contribution is 2.06. The van der Waals surface area contributed by atoms with E-state index in [0.717, 1.165) is 13.0 Å². The van der Waals surface area contributed by atoms with E-state index in [2.05, 4.69) is 13.8 Å². The summed E-state index contributed by atoms with van der Waals surface area (Å²) in [6.07, 6.45) is 10.5. The van der Waals surface area contributed by atoms with Crippen LogP contribution in [0.3, 0.4) is 0 Å². The maximum atomic E-state index is 5.29. The number of hydrogen-bond acceptors (Lipinski definition) is 1. The second kappa shape index (κ2) is 12.0. The van der Waals surface area contributed by atoms with Gasteiger partial charge in [-0.3, -0.25) is 0 Å². The third-order valence-electron chi connectivity index (χ3n) is 2.15. The van der Waals surface area contributed by atoms with E-state index in [1.54, 1.807) is 0 Å². The Kier molecular flexibility index (Phi) is 11.9. The van der Waals surface area contributed by atoms with Crippen molar-refractivity contribution in [3.05, 3.63) is 6.61 Å². The Balaban J connectivity index is 2.76. The van der Waals surface area contributed by atoms with Crippen LogP contribution in [0.25, 0.3) is 0 Å². The van der Waals surface area contributed by atoms with Crippen molar-refractivity contribution in [1.82, 2.24) is 0 Å². The molecule has 0 aromatic carbocycles. The van der Waals surface area contributed by atoms with E-state index in [9.17, 15) is 0 Å². The summed E-state index contributed by atoms with van der Waals surface area (Å²) in [5, 5.41) is 0. The zero-order valence-electron chi connectivity index (χ0n) is 9.35. The molecule has 0 heterocycles. The lowest BCUT2D eigenvalue weighted by molar-refractivity contribution is 0.188. The molecular weight excluding hydrogens is 160 g/mol. The van der Waals surface area contributed by atoms with Crippen molar-refractivity contribution < 1.29 is 4.74 Å². The molecule has 0 aromatic rings. The topological polar surface area (TPSA) is 9.23 Å². The van der Waals surface area contributed by atoms with E-state index in [0.29, 0.717) is 0 Å². The summed E-state index contributed by atoms with van der Waals surface area (Å²) in [6, 6.07) is 0. The van der Waals surface area contributed by atoms with E-state index in [4.69, 9.17) is 4.74 Å². The predicted molar refractivity (Wildman–Crippen MR) is 58.5 cm³/mol. The first-order valence-electron chi connectivity index (χ1n) is 5.85. The van der Waals surface area contributed by atoms with Crippen molar-refractivity contribution in [1.29, 1.82) is 0 Å². The van der Waals surface area contributed by atoms with E-state index in [-0.39, 0.29) is 0 Å². The Labute approximate surface area is 83.9 Å². The van der Waals surface area contributed by atoms with Gasteiger partial charge < -0.3 is 4.74 Å². The number of ether oxygens (including phenoxy) is 1. The van der Waals surface area contributed by atoms with Crippen LogP contribution in [0.4, 0.5) is 0 Å². The van der Waals surface area contributed by atoms with Crippen molar-refractivity contribution in [2.24, 2.45) is 0 Å². The molecule has 0 saturated carbocycles. The maximum Gasteiger partial charge on any atom is 0.0833 e. The van der Waals surface area contributed by atoms with Gasteiger partial charge in [0.2, 0.25) is 0 Å². The molecule has 0 atom stereocenters. The van der Waals surface area contributed by atoms with Crippen LogP contribution >= 0.6 is 0 Å². The average molecular weight is 185 g/mol. The van der Waals surface area contributed by atoms with Gasteiger partial charge in [0.1, 0.15) is 0 Å². The molecular formula is C12H25O. The maximum absolute atomic E-state index is 5.29. The fourth-order valence-electron chi connectivity index (χ4n) is 1.34. The fraction of sp³-hybridized carbons (Fsp3) is 0.917. The standard InChI is InChI=1S/C12H25O/c1-3-5-6-7-8-9-10-12-13-11-4-2/h11H,3-10,12H2,1-2H3. The van der Waals surface area contributed by atoms with E-state index >= 15 is 0 Å². The molecule has 1 heteroatoms. The molecule has 13 heavy (non-hydrogen) atoms. The molecule has 0 bridgehead atoms. The number of rotatable bonds is 10. The molecule has 1 radical (unpaired) electrons.